The van der Waals surface area contributed by atoms with Crippen molar-refractivity contribution in [3.05, 3.63) is 23.8 Å². The molecule has 0 amide bonds. The topological polar surface area (TPSA) is 74.6 Å². The predicted octanol–water partition coefficient (Wildman–Crippen LogP) is 7.54. The van der Waals surface area contributed by atoms with Crippen LogP contribution in [0.1, 0.15) is 117 Å². The molecule has 4 heteroatoms. The lowest BCUT2D eigenvalue weighted by Crippen LogP contribution is -2.41. The maximum atomic E-state index is 12.3. The molecule has 30 heavy (non-hydrogen) atoms. The SMILES string of the molecule is CCCCCCCCCCCCC1C(C(=O)O)=CC=CC1(CCCCCC)C(=O)O. The minimum atomic E-state index is -1.07. The van der Waals surface area contributed by atoms with Gasteiger partial charge in [0.1, 0.15) is 0 Å². The van der Waals surface area contributed by atoms with Gasteiger partial charge in [0.2, 0.25) is 0 Å². The summed E-state index contributed by atoms with van der Waals surface area (Å²) in [6.45, 7) is 4.37. The highest BCUT2D eigenvalue weighted by atomic mass is 16.4. The van der Waals surface area contributed by atoms with Crippen molar-refractivity contribution in [3.8, 4) is 0 Å². The van der Waals surface area contributed by atoms with Crippen LogP contribution < -0.4 is 0 Å². The minimum absolute atomic E-state index is 0.270. The van der Waals surface area contributed by atoms with Crippen molar-refractivity contribution < 1.29 is 19.8 Å². The first-order valence-corrected chi connectivity index (χ1v) is 12.4. The number of carboxylic acid groups (broad SMARTS) is 2. The molecule has 0 aromatic heterocycles. The normalized spacial score (nSPS) is 20.9. The lowest BCUT2D eigenvalue weighted by molar-refractivity contribution is -0.149. The van der Waals surface area contributed by atoms with Crippen molar-refractivity contribution in [2.24, 2.45) is 11.3 Å². The number of carboxylic acids is 2. The molecule has 0 aromatic rings. The molecular weight excluding hydrogens is 376 g/mol. The summed E-state index contributed by atoms with van der Waals surface area (Å²) < 4.78 is 0. The number of aliphatic carboxylic acids is 2. The van der Waals surface area contributed by atoms with Crippen LogP contribution in [-0.4, -0.2) is 22.2 Å². The Bertz CT molecular complexity index is 563. The molecule has 2 atom stereocenters. The number of hydrogen-bond donors (Lipinski definition) is 2. The molecule has 0 spiro atoms. The van der Waals surface area contributed by atoms with E-state index >= 15 is 0 Å². The van der Waals surface area contributed by atoms with Crippen LogP contribution in [0.5, 0.6) is 0 Å². The van der Waals surface area contributed by atoms with E-state index in [1.165, 1.54) is 44.9 Å². The first-order chi connectivity index (χ1) is 14.5. The van der Waals surface area contributed by atoms with Crippen molar-refractivity contribution in [1.29, 1.82) is 0 Å². The standard InChI is InChI=1S/C26H44O4/c1-3-5-7-9-10-11-12-13-14-15-19-23-22(24(27)28)18-17-21-26(23,25(29)30)20-16-8-6-4-2/h17-18,21,23H,3-16,19-20H2,1-2H3,(H,27,28)(H,29,30). The highest BCUT2D eigenvalue weighted by molar-refractivity contribution is 5.91. The molecule has 1 aliphatic carbocycles. The van der Waals surface area contributed by atoms with E-state index in [4.69, 9.17) is 0 Å². The smallest absolute Gasteiger partial charge is 0.331 e. The molecule has 4 nitrogen and oxygen atoms in total. The van der Waals surface area contributed by atoms with Crippen LogP contribution in [0.3, 0.4) is 0 Å². The Balaban J connectivity index is 2.59. The lowest BCUT2D eigenvalue weighted by Gasteiger charge is -2.37. The van der Waals surface area contributed by atoms with Crippen LogP contribution in [0, 0.1) is 11.3 Å². The second-order valence-corrected chi connectivity index (χ2v) is 8.97. The van der Waals surface area contributed by atoms with E-state index in [1.54, 1.807) is 18.2 Å². The van der Waals surface area contributed by atoms with Gasteiger partial charge in [-0.25, -0.2) is 4.79 Å². The second-order valence-electron chi connectivity index (χ2n) is 8.97. The summed E-state index contributed by atoms with van der Waals surface area (Å²) in [6.07, 6.45) is 22.3. The van der Waals surface area contributed by atoms with E-state index in [-0.39, 0.29) is 5.57 Å². The van der Waals surface area contributed by atoms with Crippen LogP contribution in [0.15, 0.2) is 23.8 Å². The Hall–Kier alpha value is -1.58. The van der Waals surface area contributed by atoms with Crippen molar-refractivity contribution in [2.45, 2.75) is 117 Å². The molecule has 0 fully saturated rings. The monoisotopic (exact) mass is 420 g/mol. The number of rotatable bonds is 18. The van der Waals surface area contributed by atoms with Gasteiger partial charge in [-0.15, -0.1) is 0 Å². The third-order valence-electron chi connectivity index (χ3n) is 6.60. The van der Waals surface area contributed by atoms with E-state index in [9.17, 15) is 19.8 Å². The third kappa shape index (κ3) is 8.65. The number of allylic oxidation sites excluding steroid dienone is 2. The molecule has 1 aliphatic rings. The number of hydrogen-bond acceptors (Lipinski definition) is 2. The van der Waals surface area contributed by atoms with E-state index in [2.05, 4.69) is 13.8 Å². The molecule has 0 saturated heterocycles. The summed E-state index contributed by atoms with van der Waals surface area (Å²) in [5, 5.41) is 19.8. The molecule has 172 valence electrons. The first kappa shape index (κ1) is 26.5. The summed E-state index contributed by atoms with van der Waals surface area (Å²) in [7, 11) is 0. The third-order valence-corrected chi connectivity index (χ3v) is 6.60. The van der Waals surface area contributed by atoms with Gasteiger partial charge in [0.15, 0.2) is 0 Å². The average Bonchev–Trinajstić information content (AvgIpc) is 2.72. The molecule has 0 saturated carbocycles. The van der Waals surface area contributed by atoms with Gasteiger partial charge in [0.05, 0.1) is 5.41 Å². The van der Waals surface area contributed by atoms with Crippen LogP contribution >= 0.6 is 0 Å². The van der Waals surface area contributed by atoms with E-state index < -0.39 is 23.3 Å². The molecular formula is C26H44O4. The lowest BCUT2D eigenvalue weighted by atomic mass is 9.64. The summed E-state index contributed by atoms with van der Waals surface area (Å²) in [5.41, 5.74) is -0.804. The van der Waals surface area contributed by atoms with Crippen molar-refractivity contribution in [2.75, 3.05) is 0 Å². The first-order valence-electron chi connectivity index (χ1n) is 12.4. The fourth-order valence-electron chi connectivity index (χ4n) is 4.73. The van der Waals surface area contributed by atoms with E-state index in [0.29, 0.717) is 12.8 Å². The maximum Gasteiger partial charge on any atom is 0.331 e. The van der Waals surface area contributed by atoms with Gasteiger partial charge in [-0.1, -0.05) is 122 Å². The minimum Gasteiger partial charge on any atom is -0.481 e. The molecule has 0 heterocycles. The number of unbranched alkanes of at least 4 members (excludes halogenated alkanes) is 12. The Morgan fingerprint density at radius 2 is 1.30 bits per heavy atom. The predicted molar refractivity (Wildman–Crippen MR) is 124 cm³/mol. The summed E-state index contributed by atoms with van der Waals surface area (Å²) in [4.78, 5) is 24.2. The Kier molecular flexibility index (Phi) is 13.5. The number of carbonyl (C=O) groups is 2. The Labute approximate surface area is 183 Å². The molecule has 2 N–H and O–H groups in total. The average molecular weight is 421 g/mol. The highest BCUT2D eigenvalue weighted by Gasteiger charge is 2.47. The Morgan fingerprint density at radius 3 is 1.80 bits per heavy atom. The quantitative estimate of drug-likeness (QED) is 0.225. The summed E-state index contributed by atoms with van der Waals surface area (Å²) >= 11 is 0. The zero-order valence-electron chi connectivity index (χ0n) is 19.3. The maximum absolute atomic E-state index is 12.3. The fourth-order valence-corrected chi connectivity index (χ4v) is 4.73. The van der Waals surface area contributed by atoms with E-state index in [0.717, 1.165) is 44.9 Å². The molecule has 1 rings (SSSR count). The largest absolute Gasteiger partial charge is 0.481 e. The Morgan fingerprint density at radius 1 is 0.800 bits per heavy atom. The molecule has 2 unspecified atom stereocenters. The summed E-state index contributed by atoms with van der Waals surface area (Å²) in [5.74, 6) is -2.29. The molecule has 0 bridgehead atoms. The van der Waals surface area contributed by atoms with E-state index in [1.807, 2.05) is 0 Å². The van der Waals surface area contributed by atoms with Crippen molar-refractivity contribution in [1.82, 2.24) is 0 Å². The van der Waals surface area contributed by atoms with Crippen LogP contribution in [0.25, 0.3) is 0 Å². The second kappa shape index (κ2) is 15.3. The van der Waals surface area contributed by atoms with Gasteiger partial charge in [0, 0.05) is 11.5 Å². The molecule has 0 radical (unpaired) electrons. The van der Waals surface area contributed by atoms with Gasteiger partial charge in [-0.2, -0.15) is 0 Å². The zero-order chi connectivity index (χ0) is 22.2. The van der Waals surface area contributed by atoms with Crippen LogP contribution in [0.4, 0.5) is 0 Å². The highest BCUT2D eigenvalue weighted by Crippen LogP contribution is 2.45. The van der Waals surface area contributed by atoms with Gasteiger partial charge in [-0.3, -0.25) is 4.79 Å². The summed E-state index contributed by atoms with van der Waals surface area (Å²) in [6, 6.07) is 0. The fraction of sp³-hybridized carbons (Fsp3) is 0.769. The van der Waals surface area contributed by atoms with Crippen LogP contribution in [0.2, 0.25) is 0 Å². The van der Waals surface area contributed by atoms with Gasteiger partial charge >= 0.3 is 11.9 Å². The van der Waals surface area contributed by atoms with Crippen molar-refractivity contribution >= 4 is 11.9 Å². The molecule has 0 aromatic carbocycles. The van der Waals surface area contributed by atoms with Crippen LogP contribution in [-0.2, 0) is 9.59 Å². The van der Waals surface area contributed by atoms with Gasteiger partial charge in [0.25, 0.3) is 0 Å². The molecule has 0 aliphatic heterocycles. The van der Waals surface area contributed by atoms with Crippen molar-refractivity contribution in [3.63, 3.8) is 0 Å². The van der Waals surface area contributed by atoms with Gasteiger partial charge < -0.3 is 10.2 Å². The zero-order valence-corrected chi connectivity index (χ0v) is 19.3. The van der Waals surface area contributed by atoms with Gasteiger partial charge in [-0.05, 0) is 12.8 Å².